The lowest BCUT2D eigenvalue weighted by atomic mass is 9.71. The van der Waals surface area contributed by atoms with Gasteiger partial charge < -0.3 is 9.47 Å². The Labute approximate surface area is 100.0 Å². The highest BCUT2D eigenvalue weighted by molar-refractivity contribution is 5.82. The van der Waals surface area contributed by atoms with Gasteiger partial charge in [0.2, 0.25) is 0 Å². The van der Waals surface area contributed by atoms with Crippen molar-refractivity contribution >= 4 is 11.9 Å². The summed E-state index contributed by atoms with van der Waals surface area (Å²) in [7, 11) is 0. The molecule has 0 aromatic heterocycles. The first-order valence-corrected chi connectivity index (χ1v) is 6.06. The van der Waals surface area contributed by atoms with Crippen molar-refractivity contribution < 1.29 is 19.1 Å². The van der Waals surface area contributed by atoms with Gasteiger partial charge in [-0.1, -0.05) is 13.5 Å². The molecule has 0 N–H and O–H groups in total. The molecule has 0 amide bonds. The molecular formula is C13H16O4. The second-order valence-corrected chi connectivity index (χ2v) is 5.61. The van der Waals surface area contributed by atoms with Crippen molar-refractivity contribution in [1.82, 2.24) is 0 Å². The van der Waals surface area contributed by atoms with E-state index in [9.17, 15) is 9.59 Å². The van der Waals surface area contributed by atoms with E-state index in [1.165, 1.54) is 6.08 Å². The number of esters is 2. The summed E-state index contributed by atoms with van der Waals surface area (Å²) in [6.07, 6.45) is 2.84. The number of ether oxygens (including phenoxy) is 2. The van der Waals surface area contributed by atoms with Crippen molar-refractivity contribution in [3.05, 3.63) is 12.7 Å². The summed E-state index contributed by atoms with van der Waals surface area (Å²) in [6.45, 7) is 6.00. The lowest BCUT2D eigenvalue weighted by molar-refractivity contribution is -0.158. The van der Waals surface area contributed by atoms with Crippen LogP contribution in [0.3, 0.4) is 0 Å². The van der Waals surface area contributed by atoms with E-state index in [1.807, 2.05) is 6.92 Å². The summed E-state index contributed by atoms with van der Waals surface area (Å²) in [5.74, 6) is 0.208. The molecule has 92 valence electrons. The highest BCUT2D eigenvalue weighted by Gasteiger charge is 2.66. The van der Waals surface area contributed by atoms with Gasteiger partial charge in [0.25, 0.3) is 0 Å². The van der Waals surface area contributed by atoms with Crippen LogP contribution in [0.15, 0.2) is 12.7 Å². The zero-order valence-electron chi connectivity index (χ0n) is 9.85. The van der Waals surface area contributed by atoms with E-state index in [1.54, 1.807) is 0 Å². The van der Waals surface area contributed by atoms with Crippen LogP contribution in [-0.4, -0.2) is 24.6 Å². The monoisotopic (exact) mass is 236 g/mol. The Kier molecular flexibility index (Phi) is 2.12. The molecule has 4 heteroatoms. The van der Waals surface area contributed by atoms with E-state index in [4.69, 9.17) is 9.47 Å². The molecule has 3 rings (SSSR count). The molecule has 5 atom stereocenters. The van der Waals surface area contributed by atoms with E-state index in [0.29, 0.717) is 18.4 Å². The maximum absolute atomic E-state index is 11.8. The molecular weight excluding hydrogens is 220 g/mol. The number of hydrogen-bond donors (Lipinski definition) is 0. The van der Waals surface area contributed by atoms with Gasteiger partial charge in [-0.25, -0.2) is 4.79 Å². The third-order valence-corrected chi connectivity index (χ3v) is 4.80. The van der Waals surface area contributed by atoms with E-state index in [2.05, 4.69) is 6.58 Å². The second-order valence-electron chi connectivity index (χ2n) is 5.61. The summed E-state index contributed by atoms with van der Waals surface area (Å²) in [5.41, 5.74) is -0.235. The maximum Gasteiger partial charge on any atom is 0.330 e. The minimum absolute atomic E-state index is 0.0798. The van der Waals surface area contributed by atoms with Gasteiger partial charge in [-0.15, -0.1) is 0 Å². The Bertz CT molecular complexity index is 402. The molecule has 3 fully saturated rings. The number of cyclic esters (lactones) is 1. The average Bonchev–Trinajstić information content (AvgIpc) is 2.89. The van der Waals surface area contributed by atoms with Gasteiger partial charge in [-0.2, -0.15) is 0 Å². The van der Waals surface area contributed by atoms with Crippen molar-refractivity contribution in [1.29, 1.82) is 0 Å². The van der Waals surface area contributed by atoms with Crippen LogP contribution in [0.2, 0.25) is 0 Å². The minimum Gasteiger partial charge on any atom is -0.465 e. The van der Waals surface area contributed by atoms with Gasteiger partial charge in [0.15, 0.2) is 0 Å². The molecule has 1 aliphatic heterocycles. The van der Waals surface area contributed by atoms with E-state index in [-0.39, 0.29) is 23.4 Å². The molecule has 4 nitrogen and oxygen atoms in total. The predicted molar refractivity (Wildman–Crippen MR) is 58.8 cm³/mol. The van der Waals surface area contributed by atoms with Crippen LogP contribution in [0.25, 0.3) is 0 Å². The summed E-state index contributed by atoms with van der Waals surface area (Å²) in [4.78, 5) is 23.1. The SMILES string of the molecule is C=CC(=O)OC1CC2CC1(C)C1C(=O)OCC21. The van der Waals surface area contributed by atoms with Crippen molar-refractivity contribution in [3.8, 4) is 0 Å². The molecule has 0 radical (unpaired) electrons. The number of carbonyl (C=O) groups is 2. The van der Waals surface area contributed by atoms with Crippen molar-refractivity contribution in [2.75, 3.05) is 6.61 Å². The molecule has 5 unspecified atom stereocenters. The third kappa shape index (κ3) is 1.30. The number of carbonyl (C=O) groups excluding carboxylic acids is 2. The Hall–Kier alpha value is -1.32. The van der Waals surface area contributed by atoms with Crippen LogP contribution in [0.4, 0.5) is 0 Å². The molecule has 0 aromatic rings. The first-order chi connectivity index (χ1) is 8.06. The summed E-state index contributed by atoms with van der Waals surface area (Å²) in [5, 5.41) is 0. The molecule has 2 aliphatic carbocycles. The maximum atomic E-state index is 11.8. The molecule has 3 aliphatic rings. The number of hydrogen-bond acceptors (Lipinski definition) is 4. The van der Waals surface area contributed by atoms with Crippen LogP contribution >= 0.6 is 0 Å². The molecule has 2 bridgehead atoms. The van der Waals surface area contributed by atoms with E-state index >= 15 is 0 Å². The predicted octanol–water partition coefficient (Wildman–Crippen LogP) is 1.30. The first kappa shape index (κ1) is 10.8. The average molecular weight is 236 g/mol. The summed E-state index contributed by atoms with van der Waals surface area (Å²) >= 11 is 0. The summed E-state index contributed by atoms with van der Waals surface area (Å²) in [6, 6.07) is 0. The quantitative estimate of drug-likeness (QED) is 0.535. The van der Waals surface area contributed by atoms with Gasteiger partial charge in [0, 0.05) is 17.4 Å². The fourth-order valence-corrected chi connectivity index (χ4v) is 4.05. The molecule has 1 saturated heterocycles. The number of fused-ring (bicyclic) bond motifs is 5. The van der Waals surface area contributed by atoms with Gasteiger partial charge in [0.05, 0.1) is 12.5 Å². The molecule has 1 heterocycles. The highest BCUT2D eigenvalue weighted by atomic mass is 16.6. The smallest absolute Gasteiger partial charge is 0.330 e. The lowest BCUT2D eigenvalue weighted by Crippen LogP contribution is -2.42. The zero-order valence-corrected chi connectivity index (χ0v) is 9.85. The zero-order chi connectivity index (χ0) is 12.2. The van der Waals surface area contributed by atoms with Crippen molar-refractivity contribution in [2.45, 2.75) is 25.9 Å². The van der Waals surface area contributed by atoms with Crippen molar-refractivity contribution in [3.63, 3.8) is 0 Å². The Morgan fingerprint density at radius 2 is 2.41 bits per heavy atom. The van der Waals surface area contributed by atoms with Gasteiger partial charge in [-0.3, -0.25) is 4.79 Å². The minimum atomic E-state index is -0.397. The fourth-order valence-electron chi connectivity index (χ4n) is 4.05. The van der Waals surface area contributed by atoms with Crippen LogP contribution in [0.5, 0.6) is 0 Å². The largest absolute Gasteiger partial charge is 0.465 e. The molecule has 2 saturated carbocycles. The topological polar surface area (TPSA) is 52.6 Å². The number of rotatable bonds is 2. The normalized spacial score (nSPS) is 46.5. The standard InChI is InChI=1S/C13H16O4/c1-3-10(14)17-9-4-7-5-13(9,2)11-8(7)6-16-12(11)15/h3,7-9,11H,1,4-6H2,2H3. The van der Waals surface area contributed by atoms with Crippen LogP contribution in [0.1, 0.15) is 19.8 Å². The highest BCUT2D eigenvalue weighted by Crippen LogP contribution is 2.63. The van der Waals surface area contributed by atoms with E-state index < -0.39 is 5.97 Å². The molecule has 0 aromatic carbocycles. The van der Waals surface area contributed by atoms with Crippen molar-refractivity contribution in [2.24, 2.45) is 23.2 Å². The van der Waals surface area contributed by atoms with Gasteiger partial charge in [0.1, 0.15) is 6.10 Å². The third-order valence-electron chi connectivity index (χ3n) is 4.80. The van der Waals surface area contributed by atoms with E-state index in [0.717, 1.165) is 12.8 Å². The Morgan fingerprint density at radius 3 is 3.12 bits per heavy atom. The first-order valence-electron chi connectivity index (χ1n) is 6.06. The lowest BCUT2D eigenvalue weighted by Gasteiger charge is -2.36. The van der Waals surface area contributed by atoms with Gasteiger partial charge >= 0.3 is 11.9 Å². The molecule has 17 heavy (non-hydrogen) atoms. The summed E-state index contributed by atoms with van der Waals surface area (Å²) < 4.78 is 10.5. The molecule has 0 spiro atoms. The fraction of sp³-hybridized carbons (Fsp3) is 0.692. The Balaban J connectivity index is 1.85. The van der Waals surface area contributed by atoms with Crippen LogP contribution < -0.4 is 0 Å². The van der Waals surface area contributed by atoms with Gasteiger partial charge in [-0.05, 0) is 18.8 Å². The van der Waals surface area contributed by atoms with Crippen LogP contribution in [-0.2, 0) is 19.1 Å². The second kappa shape index (κ2) is 3.34. The van der Waals surface area contributed by atoms with Crippen LogP contribution in [0, 0.1) is 23.2 Å². The Morgan fingerprint density at radius 1 is 1.65 bits per heavy atom.